The largest absolute Gasteiger partial charge is 0.352 e. The van der Waals surface area contributed by atoms with Gasteiger partial charge in [0, 0.05) is 69.1 Å². The molecular weight excluding hydrogens is 368 g/mol. The summed E-state index contributed by atoms with van der Waals surface area (Å²) in [6.45, 7) is 4.39. The SMILES string of the molecule is N#Cc1nccnc1N1CCN(CCn2nc(-c3cccnc3)ccc2=O)CC1. The van der Waals surface area contributed by atoms with Crippen LogP contribution in [0.5, 0.6) is 0 Å². The summed E-state index contributed by atoms with van der Waals surface area (Å²) in [7, 11) is 0. The van der Waals surface area contributed by atoms with Crippen LogP contribution in [0, 0.1) is 11.3 Å². The van der Waals surface area contributed by atoms with Crippen molar-refractivity contribution in [3.05, 3.63) is 65.1 Å². The van der Waals surface area contributed by atoms with Gasteiger partial charge in [-0.2, -0.15) is 10.4 Å². The molecule has 4 rings (SSSR count). The van der Waals surface area contributed by atoms with Crippen molar-refractivity contribution in [1.82, 2.24) is 29.6 Å². The fourth-order valence-electron chi connectivity index (χ4n) is 3.34. The highest BCUT2D eigenvalue weighted by atomic mass is 16.1. The number of nitriles is 1. The molecule has 1 aliphatic rings. The summed E-state index contributed by atoms with van der Waals surface area (Å²) in [5, 5.41) is 13.7. The summed E-state index contributed by atoms with van der Waals surface area (Å²) in [6, 6.07) is 9.14. The van der Waals surface area contributed by atoms with Crippen molar-refractivity contribution >= 4 is 5.82 Å². The van der Waals surface area contributed by atoms with Crippen molar-refractivity contribution in [3.8, 4) is 17.3 Å². The molecule has 0 aliphatic carbocycles. The molecular formula is C20H20N8O. The van der Waals surface area contributed by atoms with Crippen LogP contribution in [-0.2, 0) is 6.54 Å². The molecule has 0 unspecified atom stereocenters. The van der Waals surface area contributed by atoms with Gasteiger partial charge in [0.1, 0.15) is 6.07 Å². The van der Waals surface area contributed by atoms with Crippen molar-refractivity contribution in [3.63, 3.8) is 0 Å². The lowest BCUT2D eigenvalue weighted by molar-refractivity contribution is 0.242. The molecule has 9 heteroatoms. The van der Waals surface area contributed by atoms with Gasteiger partial charge < -0.3 is 4.90 Å². The van der Waals surface area contributed by atoms with Crippen molar-refractivity contribution in [2.45, 2.75) is 6.54 Å². The molecule has 0 atom stereocenters. The molecule has 0 radical (unpaired) electrons. The van der Waals surface area contributed by atoms with Gasteiger partial charge in [0.05, 0.1) is 12.2 Å². The minimum Gasteiger partial charge on any atom is -0.352 e. The number of hydrogen-bond donors (Lipinski definition) is 0. The van der Waals surface area contributed by atoms with E-state index < -0.39 is 0 Å². The van der Waals surface area contributed by atoms with Gasteiger partial charge in [0.25, 0.3) is 5.56 Å². The molecule has 3 aromatic heterocycles. The van der Waals surface area contributed by atoms with E-state index in [0.717, 1.165) is 44.0 Å². The van der Waals surface area contributed by atoms with Crippen molar-refractivity contribution in [1.29, 1.82) is 5.26 Å². The smallest absolute Gasteiger partial charge is 0.266 e. The molecule has 4 heterocycles. The van der Waals surface area contributed by atoms with E-state index in [4.69, 9.17) is 0 Å². The van der Waals surface area contributed by atoms with Gasteiger partial charge in [-0.25, -0.2) is 14.6 Å². The van der Waals surface area contributed by atoms with Crippen LogP contribution < -0.4 is 10.5 Å². The van der Waals surface area contributed by atoms with Gasteiger partial charge in [-0.05, 0) is 18.2 Å². The molecule has 0 saturated carbocycles. The second kappa shape index (κ2) is 8.58. The van der Waals surface area contributed by atoms with Crippen molar-refractivity contribution in [2.24, 2.45) is 0 Å². The standard InChI is InChI=1S/C20H20N8O/c21-14-18-20(24-7-6-23-18)27-11-8-26(9-12-27)10-13-28-19(29)4-3-17(25-28)16-2-1-5-22-15-16/h1-7,15H,8-13H2. The average Bonchev–Trinajstić information content (AvgIpc) is 2.79. The predicted octanol–water partition coefficient (Wildman–Crippen LogP) is 0.789. The first-order chi connectivity index (χ1) is 14.2. The van der Waals surface area contributed by atoms with E-state index in [0.29, 0.717) is 18.1 Å². The summed E-state index contributed by atoms with van der Waals surface area (Å²) in [4.78, 5) is 29.0. The topological polar surface area (TPSA) is 104 Å². The first kappa shape index (κ1) is 18.7. The average molecular weight is 388 g/mol. The molecule has 0 bridgehead atoms. The van der Waals surface area contributed by atoms with E-state index in [2.05, 4.69) is 35.9 Å². The Labute approximate surface area is 167 Å². The monoisotopic (exact) mass is 388 g/mol. The zero-order valence-electron chi connectivity index (χ0n) is 15.8. The molecule has 1 saturated heterocycles. The molecule has 1 aliphatic heterocycles. The van der Waals surface area contributed by atoms with E-state index in [1.165, 1.54) is 10.9 Å². The fourth-order valence-corrected chi connectivity index (χ4v) is 3.34. The Hall–Kier alpha value is -3.64. The van der Waals surface area contributed by atoms with E-state index in [9.17, 15) is 10.1 Å². The van der Waals surface area contributed by atoms with E-state index in [-0.39, 0.29) is 5.56 Å². The first-order valence-electron chi connectivity index (χ1n) is 9.41. The van der Waals surface area contributed by atoms with Crippen LogP contribution in [0.25, 0.3) is 11.3 Å². The second-order valence-electron chi connectivity index (χ2n) is 6.69. The summed E-state index contributed by atoms with van der Waals surface area (Å²) in [5.41, 5.74) is 1.85. The lowest BCUT2D eigenvalue weighted by Gasteiger charge is -2.35. The van der Waals surface area contributed by atoms with E-state index in [1.807, 2.05) is 12.1 Å². The zero-order valence-corrected chi connectivity index (χ0v) is 15.8. The Morgan fingerprint density at radius 3 is 2.59 bits per heavy atom. The first-order valence-corrected chi connectivity index (χ1v) is 9.41. The van der Waals surface area contributed by atoms with Gasteiger partial charge >= 0.3 is 0 Å². The number of piperazine rings is 1. The van der Waals surface area contributed by atoms with Gasteiger partial charge in [-0.1, -0.05) is 0 Å². The fraction of sp³-hybridized carbons (Fsp3) is 0.300. The number of aromatic nitrogens is 5. The van der Waals surface area contributed by atoms with Gasteiger partial charge in [0.15, 0.2) is 11.5 Å². The molecule has 29 heavy (non-hydrogen) atoms. The minimum absolute atomic E-state index is 0.116. The lowest BCUT2D eigenvalue weighted by Crippen LogP contribution is -2.48. The maximum atomic E-state index is 12.2. The van der Waals surface area contributed by atoms with Crippen LogP contribution in [0.4, 0.5) is 5.82 Å². The Bertz CT molecular complexity index is 1070. The number of pyridine rings is 1. The highest BCUT2D eigenvalue weighted by molar-refractivity contribution is 5.56. The normalized spacial score (nSPS) is 14.5. The Morgan fingerprint density at radius 1 is 1.00 bits per heavy atom. The van der Waals surface area contributed by atoms with Crippen molar-refractivity contribution in [2.75, 3.05) is 37.6 Å². The summed E-state index contributed by atoms with van der Waals surface area (Å²) in [6.07, 6.45) is 6.58. The van der Waals surface area contributed by atoms with Crippen molar-refractivity contribution < 1.29 is 0 Å². The second-order valence-corrected chi connectivity index (χ2v) is 6.69. The molecule has 0 spiro atoms. The van der Waals surface area contributed by atoms with Gasteiger partial charge in [-0.15, -0.1) is 0 Å². The third-order valence-corrected chi connectivity index (χ3v) is 4.91. The summed E-state index contributed by atoms with van der Waals surface area (Å²) in [5.74, 6) is 0.636. The highest BCUT2D eigenvalue weighted by Crippen LogP contribution is 2.16. The van der Waals surface area contributed by atoms with Crippen LogP contribution in [0.2, 0.25) is 0 Å². The molecule has 146 valence electrons. The lowest BCUT2D eigenvalue weighted by atomic mass is 10.2. The minimum atomic E-state index is -0.116. The molecule has 0 amide bonds. The third-order valence-electron chi connectivity index (χ3n) is 4.91. The quantitative estimate of drug-likeness (QED) is 0.632. The van der Waals surface area contributed by atoms with Crippen LogP contribution in [0.1, 0.15) is 5.69 Å². The number of nitrogens with zero attached hydrogens (tertiary/aromatic N) is 8. The summed E-state index contributed by atoms with van der Waals surface area (Å²) < 4.78 is 1.51. The van der Waals surface area contributed by atoms with Crippen LogP contribution in [0.15, 0.2) is 53.8 Å². The maximum Gasteiger partial charge on any atom is 0.266 e. The molecule has 1 fully saturated rings. The molecule has 0 aromatic carbocycles. The van der Waals surface area contributed by atoms with Gasteiger partial charge in [0.2, 0.25) is 0 Å². The number of hydrogen-bond acceptors (Lipinski definition) is 8. The highest BCUT2D eigenvalue weighted by Gasteiger charge is 2.20. The van der Waals surface area contributed by atoms with E-state index >= 15 is 0 Å². The number of rotatable bonds is 5. The Kier molecular flexibility index (Phi) is 5.54. The Balaban J connectivity index is 1.37. The maximum absolute atomic E-state index is 12.2. The van der Waals surface area contributed by atoms with Crippen LogP contribution in [0.3, 0.4) is 0 Å². The summed E-state index contributed by atoms with van der Waals surface area (Å²) >= 11 is 0. The predicted molar refractivity (Wildman–Crippen MR) is 107 cm³/mol. The van der Waals surface area contributed by atoms with Gasteiger partial charge in [-0.3, -0.25) is 14.7 Å². The molecule has 3 aromatic rings. The zero-order chi connectivity index (χ0) is 20.1. The Morgan fingerprint density at radius 2 is 1.83 bits per heavy atom. The third kappa shape index (κ3) is 4.28. The molecule has 0 N–H and O–H groups in total. The van der Waals surface area contributed by atoms with Crippen LogP contribution >= 0.6 is 0 Å². The molecule has 9 nitrogen and oxygen atoms in total. The van der Waals surface area contributed by atoms with E-state index in [1.54, 1.807) is 30.7 Å². The van der Waals surface area contributed by atoms with Crippen LogP contribution in [-0.4, -0.2) is 62.4 Å². The number of anilines is 1.